The van der Waals surface area contributed by atoms with Gasteiger partial charge in [0.05, 0.1) is 11.8 Å². The molecule has 80 valence electrons. The zero-order valence-corrected chi connectivity index (χ0v) is 8.39. The quantitative estimate of drug-likeness (QED) is 0.743. The third-order valence-electron chi connectivity index (χ3n) is 1.71. The molecule has 1 rings (SSSR count). The average molecular weight is 231 g/mol. The Balaban J connectivity index is 3.12. The maximum atomic E-state index is 13.1. The van der Waals surface area contributed by atoms with Crippen molar-refractivity contribution in [2.75, 3.05) is 5.75 Å². The van der Waals surface area contributed by atoms with Gasteiger partial charge in [0.25, 0.3) is 0 Å². The molecular formula is C9H7F2NO2S. The third kappa shape index (κ3) is 2.73. The SMILES string of the molecule is N#CCCS(=O)(=O)c1ccc(F)cc1F. The van der Waals surface area contributed by atoms with Crippen LogP contribution >= 0.6 is 0 Å². The fraction of sp³-hybridized carbons (Fsp3) is 0.222. The molecule has 0 saturated carbocycles. The first-order chi connectivity index (χ1) is 6.97. The highest BCUT2D eigenvalue weighted by atomic mass is 32.2. The first-order valence-corrected chi connectivity index (χ1v) is 5.67. The fourth-order valence-corrected chi connectivity index (χ4v) is 2.23. The summed E-state index contributed by atoms with van der Waals surface area (Å²) in [6.45, 7) is 0. The van der Waals surface area contributed by atoms with Crippen LogP contribution in [0.4, 0.5) is 8.78 Å². The van der Waals surface area contributed by atoms with Gasteiger partial charge in [-0.15, -0.1) is 0 Å². The number of hydrogen-bond donors (Lipinski definition) is 0. The second-order valence-corrected chi connectivity index (χ2v) is 4.88. The van der Waals surface area contributed by atoms with Crippen molar-refractivity contribution in [2.45, 2.75) is 11.3 Å². The molecule has 0 bridgehead atoms. The van der Waals surface area contributed by atoms with Crippen LogP contribution in [0.15, 0.2) is 23.1 Å². The fourth-order valence-electron chi connectivity index (χ4n) is 1.02. The lowest BCUT2D eigenvalue weighted by molar-refractivity contribution is 0.549. The van der Waals surface area contributed by atoms with E-state index in [1.165, 1.54) is 0 Å². The largest absolute Gasteiger partial charge is 0.224 e. The van der Waals surface area contributed by atoms with E-state index < -0.39 is 32.1 Å². The Kier molecular flexibility index (Phi) is 3.37. The summed E-state index contributed by atoms with van der Waals surface area (Å²) in [5.74, 6) is -2.44. The van der Waals surface area contributed by atoms with Crippen LogP contribution in [0.5, 0.6) is 0 Å². The van der Waals surface area contributed by atoms with Crippen molar-refractivity contribution in [3.63, 3.8) is 0 Å². The van der Waals surface area contributed by atoms with E-state index in [-0.39, 0.29) is 6.42 Å². The third-order valence-corrected chi connectivity index (χ3v) is 3.45. The average Bonchev–Trinajstić information content (AvgIpc) is 2.14. The Morgan fingerprint density at radius 2 is 2.00 bits per heavy atom. The Morgan fingerprint density at radius 3 is 2.53 bits per heavy atom. The smallest absolute Gasteiger partial charge is 0.182 e. The van der Waals surface area contributed by atoms with E-state index in [2.05, 4.69) is 0 Å². The van der Waals surface area contributed by atoms with Gasteiger partial charge in [-0.2, -0.15) is 5.26 Å². The highest BCUT2D eigenvalue weighted by Crippen LogP contribution is 2.17. The Labute approximate surface area is 85.9 Å². The molecule has 0 spiro atoms. The van der Waals surface area contributed by atoms with E-state index >= 15 is 0 Å². The van der Waals surface area contributed by atoms with Gasteiger partial charge in [0.2, 0.25) is 0 Å². The Morgan fingerprint density at radius 1 is 1.33 bits per heavy atom. The number of sulfone groups is 1. The topological polar surface area (TPSA) is 57.9 Å². The van der Waals surface area contributed by atoms with Crippen LogP contribution in [0.2, 0.25) is 0 Å². The lowest BCUT2D eigenvalue weighted by Crippen LogP contribution is -2.08. The zero-order valence-electron chi connectivity index (χ0n) is 7.57. The van der Waals surface area contributed by atoms with E-state index in [1.807, 2.05) is 0 Å². The molecule has 0 saturated heterocycles. The number of rotatable bonds is 3. The van der Waals surface area contributed by atoms with Crippen LogP contribution in [-0.2, 0) is 9.84 Å². The van der Waals surface area contributed by atoms with Crippen LogP contribution in [0.1, 0.15) is 6.42 Å². The minimum Gasteiger partial charge on any atom is -0.224 e. The molecule has 0 unspecified atom stereocenters. The minimum absolute atomic E-state index is 0.223. The van der Waals surface area contributed by atoms with Gasteiger partial charge >= 0.3 is 0 Å². The molecule has 1 aromatic rings. The van der Waals surface area contributed by atoms with E-state index in [0.717, 1.165) is 12.1 Å². The predicted octanol–water partition coefficient (Wildman–Crippen LogP) is 1.65. The van der Waals surface area contributed by atoms with Gasteiger partial charge in [-0.25, -0.2) is 17.2 Å². The van der Waals surface area contributed by atoms with Gasteiger partial charge in [0, 0.05) is 12.5 Å². The number of hydrogen-bond acceptors (Lipinski definition) is 3. The van der Waals surface area contributed by atoms with E-state index in [9.17, 15) is 17.2 Å². The molecule has 3 nitrogen and oxygen atoms in total. The molecule has 0 N–H and O–H groups in total. The van der Waals surface area contributed by atoms with Gasteiger partial charge in [0.15, 0.2) is 9.84 Å². The highest BCUT2D eigenvalue weighted by Gasteiger charge is 2.18. The van der Waals surface area contributed by atoms with E-state index in [0.29, 0.717) is 6.07 Å². The molecule has 1 aromatic carbocycles. The van der Waals surface area contributed by atoms with Crippen molar-refractivity contribution in [1.29, 1.82) is 5.26 Å². The molecule has 0 aromatic heterocycles. The summed E-state index contributed by atoms with van der Waals surface area (Å²) >= 11 is 0. The number of halogens is 2. The summed E-state index contributed by atoms with van der Waals surface area (Å²) in [5.41, 5.74) is 0. The zero-order chi connectivity index (χ0) is 11.5. The summed E-state index contributed by atoms with van der Waals surface area (Å²) in [4.78, 5) is -0.570. The molecule has 0 aliphatic rings. The first-order valence-electron chi connectivity index (χ1n) is 4.02. The number of nitrogens with zero attached hydrogens (tertiary/aromatic N) is 1. The summed E-state index contributed by atoms with van der Waals surface area (Å²) in [6.07, 6.45) is -0.223. The van der Waals surface area contributed by atoms with Crippen molar-refractivity contribution >= 4 is 9.84 Å². The van der Waals surface area contributed by atoms with Gasteiger partial charge < -0.3 is 0 Å². The maximum absolute atomic E-state index is 13.1. The van der Waals surface area contributed by atoms with Crippen molar-refractivity contribution < 1.29 is 17.2 Å². The van der Waals surface area contributed by atoms with E-state index in [1.54, 1.807) is 6.07 Å². The maximum Gasteiger partial charge on any atom is 0.182 e. The standard InChI is InChI=1S/C9H7F2NO2S/c10-7-2-3-9(8(11)6-7)15(13,14)5-1-4-12/h2-3,6H,1,5H2. The van der Waals surface area contributed by atoms with E-state index in [4.69, 9.17) is 5.26 Å². The molecular weight excluding hydrogens is 224 g/mol. The lowest BCUT2D eigenvalue weighted by atomic mass is 10.3. The van der Waals surface area contributed by atoms with Crippen molar-refractivity contribution in [1.82, 2.24) is 0 Å². The summed E-state index contributed by atoms with van der Waals surface area (Å²) < 4.78 is 48.4. The van der Waals surface area contributed by atoms with Crippen LogP contribution in [0.3, 0.4) is 0 Å². The first kappa shape index (κ1) is 11.6. The van der Waals surface area contributed by atoms with Crippen LogP contribution in [0.25, 0.3) is 0 Å². The van der Waals surface area contributed by atoms with Gasteiger partial charge in [0.1, 0.15) is 16.5 Å². The number of benzene rings is 1. The Hall–Kier alpha value is -1.48. The normalized spacial score (nSPS) is 11.0. The lowest BCUT2D eigenvalue weighted by Gasteiger charge is -2.02. The van der Waals surface area contributed by atoms with Gasteiger partial charge in [-0.3, -0.25) is 0 Å². The molecule has 0 fully saturated rings. The predicted molar refractivity (Wildman–Crippen MR) is 48.6 cm³/mol. The monoisotopic (exact) mass is 231 g/mol. The molecule has 0 amide bonds. The number of nitriles is 1. The van der Waals surface area contributed by atoms with Gasteiger partial charge in [-0.1, -0.05) is 0 Å². The second kappa shape index (κ2) is 4.36. The minimum atomic E-state index is -3.83. The van der Waals surface area contributed by atoms with Crippen molar-refractivity contribution in [3.8, 4) is 6.07 Å². The summed E-state index contributed by atoms with van der Waals surface area (Å²) in [5, 5.41) is 8.22. The van der Waals surface area contributed by atoms with Crippen LogP contribution < -0.4 is 0 Å². The molecule has 0 aliphatic carbocycles. The molecule has 15 heavy (non-hydrogen) atoms. The highest BCUT2D eigenvalue weighted by molar-refractivity contribution is 7.91. The molecule has 6 heteroatoms. The molecule has 0 heterocycles. The summed E-state index contributed by atoms with van der Waals surface area (Å²) in [6, 6.07) is 3.87. The van der Waals surface area contributed by atoms with Crippen molar-refractivity contribution in [3.05, 3.63) is 29.8 Å². The van der Waals surface area contributed by atoms with Gasteiger partial charge in [-0.05, 0) is 12.1 Å². The Bertz CT molecular complexity index is 505. The molecule has 0 radical (unpaired) electrons. The summed E-state index contributed by atoms with van der Waals surface area (Å²) in [7, 11) is -3.83. The molecule has 0 aliphatic heterocycles. The second-order valence-electron chi connectivity index (χ2n) is 2.80. The van der Waals surface area contributed by atoms with Crippen LogP contribution in [-0.4, -0.2) is 14.2 Å². The van der Waals surface area contributed by atoms with Crippen LogP contribution in [0, 0.1) is 23.0 Å². The van der Waals surface area contributed by atoms with Crippen molar-refractivity contribution in [2.24, 2.45) is 0 Å². The molecule has 0 atom stereocenters.